The first-order chi connectivity index (χ1) is 0. The molecule has 4 nitrogen and oxygen atoms in total. The molecular formula is Li2MoO4. The van der Waals surface area contributed by atoms with E-state index in [4.69, 9.17) is 0 Å². The number of hydrogen-bond acceptors (Lipinski definition) is 0. The van der Waals surface area contributed by atoms with E-state index in [0.29, 0.717) is 0 Å². The van der Waals surface area contributed by atoms with Gasteiger partial charge >= 0.3 is 58.8 Å². The van der Waals surface area contributed by atoms with Crippen molar-refractivity contribution in [1.82, 2.24) is 0 Å². The summed E-state index contributed by atoms with van der Waals surface area (Å²) < 4.78 is 0. The first-order valence-corrected chi connectivity index (χ1v) is 0. The van der Waals surface area contributed by atoms with E-state index in [9.17, 15) is 0 Å². The minimum absolute atomic E-state index is 0. The van der Waals surface area contributed by atoms with Crippen molar-refractivity contribution in [2.24, 2.45) is 0 Å². The van der Waals surface area contributed by atoms with E-state index < -0.39 is 0 Å². The van der Waals surface area contributed by atoms with Crippen LogP contribution in [0.5, 0.6) is 0 Å². The Morgan fingerprint density at radius 3 is 0.429 bits per heavy atom. The van der Waals surface area contributed by atoms with Crippen molar-refractivity contribution >= 4 is 0 Å². The summed E-state index contributed by atoms with van der Waals surface area (Å²) in [6.07, 6.45) is 0. The summed E-state index contributed by atoms with van der Waals surface area (Å²) in [6, 6.07) is 0. The third-order valence-electron chi connectivity index (χ3n) is 0. The molecule has 7 heteroatoms. The minimum atomic E-state index is 0. The largest absolute Gasteiger partial charge is 6.00 e. The van der Waals surface area contributed by atoms with E-state index in [2.05, 4.69) is 0 Å². The molecule has 0 spiro atoms. The molecule has 0 aliphatic rings. The molecule has 0 N–H and O–H groups in total. The average Bonchev–Trinajstić information content (AvgIpc) is 0. The van der Waals surface area contributed by atoms with Crippen LogP contribution in [-0.4, -0.2) is 0 Å². The maximum atomic E-state index is 0. The Balaban J connectivity index is 0. The molecule has 0 heterocycles. The van der Waals surface area contributed by atoms with E-state index in [1.165, 1.54) is 0 Å². The summed E-state index contributed by atoms with van der Waals surface area (Å²) in [6.45, 7) is 0. The van der Waals surface area contributed by atoms with Crippen molar-refractivity contribution in [2.75, 3.05) is 0 Å². The van der Waals surface area contributed by atoms with Gasteiger partial charge in [-0.2, -0.15) is 0 Å². The van der Waals surface area contributed by atoms with Gasteiger partial charge in [0.25, 0.3) is 0 Å². The molecule has 7 heavy (non-hydrogen) atoms. The summed E-state index contributed by atoms with van der Waals surface area (Å²) in [4.78, 5) is 0. The summed E-state index contributed by atoms with van der Waals surface area (Å²) in [5, 5.41) is 0. The zero-order chi connectivity index (χ0) is 0. The Bertz CT molecular complexity index is 9.65. The fourth-order valence-electron chi connectivity index (χ4n) is 0. The Morgan fingerprint density at radius 2 is 0.429 bits per heavy atom. The van der Waals surface area contributed by atoms with Crippen molar-refractivity contribution in [1.29, 1.82) is 0 Å². The van der Waals surface area contributed by atoms with E-state index in [0.717, 1.165) is 0 Å². The topological polar surface area (TPSA) is 114 Å². The van der Waals surface area contributed by atoms with Crippen molar-refractivity contribution in [3.05, 3.63) is 0 Å². The molecule has 0 aromatic heterocycles. The second-order valence-corrected chi connectivity index (χ2v) is 0. The second kappa shape index (κ2) is 118. The van der Waals surface area contributed by atoms with Gasteiger partial charge in [-0.1, -0.05) is 0 Å². The predicted octanol–water partition coefficient (Wildman–Crippen LogP) is -6.47. The molecule has 0 aromatic carbocycles. The Kier molecular flexibility index (Phi) is 2940. The van der Waals surface area contributed by atoms with Crippen LogP contribution in [0.2, 0.25) is 0 Å². The fourth-order valence-corrected chi connectivity index (χ4v) is 0. The molecule has 0 saturated carbocycles. The van der Waals surface area contributed by atoms with Crippen molar-refractivity contribution in [2.45, 2.75) is 0 Å². The molecule has 0 bridgehead atoms. The minimum Gasteiger partial charge on any atom is -2.00 e. The fraction of sp³-hybridized carbons (Fsp3) is 0. The molecule has 0 aliphatic heterocycles. The third kappa shape index (κ3) is 85.2. The summed E-state index contributed by atoms with van der Waals surface area (Å²) >= 11 is 0. The number of hydrogen-bond donors (Lipinski definition) is 0. The normalized spacial score (nSPS) is 0. The maximum absolute atomic E-state index is 0. The van der Waals surface area contributed by atoms with Crippen LogP contribution in [0.25, 0.3) is 0 Å². The Morgan fingerprint density at radius 1 is 0.429 bits per heavy atom. The van der Waals surface area contributed by atoms with Gasteiger partial charge < -0.3 is 21.9 Å². The van der Waals surface area contributed by atoms with Gasteiger partial charge in [-0.15, -0.1) is 0 Å². The SMILES string of the molecule is [Li+].[Li+].[Mo+6].[O-2].[O-2].[O-2].[O-2]. The molecule has 0 radical (unpaired) electrons. The third-order valence-corrected chi connectivity index (χ3v) is 0. The van der Waals surface area contributed by atoms with Gasteiger partial charge in [0.05, 0.1) is 0 Å². The van der Waals surface area contributed by atoms with E-state index >= 15 is 0 Å². The van der Waals surface area contributed by atoms with Crippen LogP contribution in [0.1, 0.15) is 0 Å². The molecule has 0 saturated heterocycles. The molecule has 0 fully saturated rings. The molecule has 0 aromatic rings. The quantitative estimate of drug-likeness (QED) is 0.325. The number of rotatable bonds is 0. The average molecular weight is 174 g/mol. The van der Waals surface area contributed by atoms with Gasteiger partial charge in [-0.05, 0) is 0 Å². The summed E-state index contributed by atoms with van der Waals surface area (Å²) in [5.74, 6) is 0. The van der Waals surface area contributed by atoms with Gasteiger partial charge in [-0.25, -0.2) is 0 Å². The van der Waals surface area contributed by atoms with Gasteiger partial charge in [0, 0.05) is 0 Å². The van der Waals surface area contributed by atoms with Crippen molar-refractivity contribution in [3.63, 3.8) is 0 Å². The Hall–Kier alpha value is 1.72. The molecule has 0 rings (SSSR count). The first kappa shape index (κ1) is 175. The van der Waals surface area contributed by atoms with Gasteiger partial charge in [-0.3, -0.25) is 0 Å². The zero-order valence-corrected chi connectivity index (χ0v) is 6.05. The molecule has 0 atom stereocenters. The molecule has 0 unspecified atom stereocenters. The van der Waals surface area contributed by atoms with Crippen LogP contribution >= 0.6 is 0 Å². The van der Waals surface area contributed by atoms with E-state index in [-0.39, 0.29) is 80.7 Å². The van der Waals surface area contributed by atoms with Crippen molar-refractivity contribution < 1.29 is 80.7 Å². The monoisotopic (exact) mass is 176 g/mol. The van der Waals surface area contributed by atoms with E-state index in [1.807, 2.05) is 0 Å². The van der Waals surface area contributed by atoms with Crippen LogP contribution in [0.3, 0.4) is 0 Å². The van der Waals surface area contributed by atoms with Crippen molar-refractivity contribution in [3.8, 4) is 0 Å². The molecule has 0 amide bonds. The summed E-state index contributed by atoms with van der Waals surface area (Å²) in [7, 11) is 0. The molecule has 0 aliphatic carbocycles. The standard InChI is InChI=1S/2Li.Mo.4O/q2*+1;+6;4*-2. The van der Waals surface area contributed by atoms with Gasteiger partial charge in [0.1, 0.15) is 0 Å². The summed E-state index contributed by atoms with van der Waals surface area (Å²) in [5.41, 5.74) is 0. The predicted molar refractivity (Wildman–Crippen MR) is 2.75 cm³/mol. The van der Waals surface area contributed by atoms with Crippen LogP contribution < -0.4 is 37.7 Å². The maximum Gasteiger partial charge on any atom is 6.00 e. The second-order valence-electron chi connectivity index (χ2n) is 0. The van der Waals surface area contributed by atoms with Gasteiger partial charge in [0.2, 0.25) is 0 Å². The van der Waals surface area contributed by atoms with Gasteiger partial charge in [0.15, 0.2) is 0 Å². The van der Waals surface area contributed by atoms with Crippen LogP contribution in [-0.2, 0) is 43.0 Å². The first-order valence-electron chi connectivity index (χ1n) is 0. The van der Waals surface area contributed by atoms with E-state index in [1.54, 1.807) is 0 Å². The van der Waals surface area contributed by atoms with Crippen LogP contribution in [0, 0.1) is 0 Å². The molecule has 32 valence electrons. The Labute approximate surface area is 80.3 Å². The zero-order valence-electron chi connectivity index (χ0n) is 4.04. The smallest absolute Gasteiger partial charge is 2.00 e. The molecular weight excluding hydrogens is 174 g/mol. The van der Waals surface area contributed by atoms with Crippen LogP contribution in [0.15, 0.2) is 0 Å². The van der Waals surface area contributed by atoms with Crippen LogP contribution in [0.4, 0.5) is 0 Å².